The summed E-state index contributed by atoms with van der Waals surface area (Å²) in [5, 5.41) is 0. The molecule has 2 aromatic rings. The van der Waals surface area contributed by atoms with Crippen LogP contribution in [0, 0.1) is 0 Å². The monoisotopic (exact) mass is 344 g/mol. The van der Waals surface area contributed by atoms with E-state index in [-0.39, 0.29) is 0 Å². The maximum Gasteiger partial charge on any atom is 0.252 e. The Balaban J connectivity index is 2.22. The van der Waals surface area contributed by atoms with E-state index in [1.165, 1.54) is 15.6 Å². The lowest BCUT2D eigenvalue weighted by molar-refractivity contribution is 0.424. The zero-order chi connectivity index (χ0) is 15.3. The minimum Gasteiger partial charge on any atom is -0.265 e. The van der Waals surface area contributed by atoms with Gasteiger partial charge in [-0.1, -0.05) is 6.92 Å². The molecule has 0 radical (unpaired) electrons. The van der Waals surface area contributed by atoms with E-state index in [4.69, 9.17) is 11.6 Å². The Morgan fingerprint density at radius 3 is 2.57 bits per heavy atom. The van der Waals surface area contributed by atoms with E-state index in [1.54, 1.807) is 18.5 Å². The van der Waals surface area contributed by atoms with Crippen LogP contribution in [0.25, 0.3) is 0 Å². The molecule has 0 spiro atoms. The van der Waals surface area contributed by atoms with Crippen molar-refractivity contribution in [2.24, 2.45) is 0 Å². The second kappa shape index (κ2) is 7.35. The van der Waals surface area contributed by atoms with Crippen LogP contribution in [0.4, 0.5) is 0 Å². The highest BCUT2D eigenvalue weighted by molar-refractivity contribution is 7.91. The average molecular weight is 345 g/mol. The van der Waals surface area contributed by atoms with Crippen molar-refractivity contribution in [1.82, 2.24) is 9.29 Å². The molecule has 0 bridgehead atoms. The minimum absolute atomic E-state index is 0.351. The Hall–Kier alpha value is -0.950. The van der Waals surface area contributed by atoms with Gasteiger partial charge in [-0.05, 0) is 36.2 Å². The summed E-state index contributed by atoms with van der Waals surface area (Å²) in [5.41, 5.74) is 0.924. The molecule has 4 nitrogen and oxygen atoms in total. The first-order valence-corrected chi connectivity index (χ1v) is 9.40. The molecule has 0 N–H and O–H groups in total. The molecule has 7 heteroatoms. The number of alkyl halides is 1. The summed E-state index contributed by atoms with van der Waals surface area (Å²) in [6.07, 6.45) is 4.03. The highest BCUT2D eigenvalue weighted by Gasteiger charge is 2.24. The molecule has 0 aromatic carbocycles. The number of hydrogen-bond acceptors (Lipinski definition) is 4. The number of hydrogen-bond donors (Lipinski definition) is 0. The molecular weight excluding hydrogens is 328 g/mol. The molecule has 0 atom stereocenters. The summed E-state index contributed by atoms with van der Waals surface area (Å²) in [4.78, 5) is 4.93. The number of sulfonamides is 1. The van der Waals surface area contributed by atoms with Gasteiger partial charge in [-0.15, -0.1) is 22.9 Å². The average Bonchev–Trinajstić information content (AvgIpc) is 2.95. The van der Waals surface area contributed by atoms with Gasteiger partial charge in [-0.25, -0.2) is 8.42 Å². The van der Waals surface area contributed by atoms with Crippen LogP contribution < -0.4 is 0 Å². The van der Waals surface area contributed by atoms with Crippen molar-refractivity contribution in [3.05, 3.63) is 47.1 Å². The predicted octanol–water partition coefficient (Wildman–Crippen LogP) is 3.14. The van der Waals surface area contributed by atoms with Crippen molar-refractivity contribution in [2.75, 3.05) is 12.4 Å². The number of rotatable bonds is 7. The first-order chi connectivity index (χ1) is 10.1. The van der Waals surface area contributed by atoms with Crippen LogP contribution in [0.15, 0.2) is 40.9 Å². The Labute approximate surface area is 134 Å². The third kappa shape index (κ3) is 4.03. The topological polar surface area (TPSA) is 50.3 Å². The van der Waals surface area contributed by atoms with Gasteiger partial charge in [-0.2, -0.15) is 4.31 Å². The number of aromatic nitrogens is 1. The van der Waals surface area contributed by atoms with Gasteiger partial charge in [0, 0.05) is 36.2 Å². The zero-order valence-electron chi connectivity index (χ0n) is 11.7. The summed E-state index contributed by atoms with van der Waals surface area (Å²) >= 11 is 6.99. The molecular formula is C14H17ClN2O2S2. The third-order valence-corrected chi connectivity index (χ3v) is 6.76. The van der Waals surface area contributed by atoms with Crippen LogP contribution in [0.2, 0.25) is 0 Å². The standard InChI is InChI=1S/C14H17ClN2O2S2/c1-2-17(11-12-6-9-16-10-7-12)21(18,19)14-4-3-13(20-14)5-8-15/h3-4,6-7,9-10H,2,5,8,11H2,1H3. The summed E-state index contributed by atoms with van der Waals surface area (Å²) in [5.74, 6) is 0.495. The van der Waals surface area contributed by atoms with E-state index in [9.17, 15) is 8.42 Å². The van der Waals surface area contributed by atoms with Gasteiger partial charge in [0.25, 0.3) is 10.0 Å². The van der Waals surface area contributed by atoms with Crippen molar-refractivity contribution in [3.63, 3.8) is 0 Å². The molecule has 0 saturated heterocycles. The predicted molar refractivity (Wildman–Crippen MR) is 86.2 cm³/mol. The minimum atomic E-state index is -3.46. The van der Waals surface area contributed by atoms with Crippen molar-refractivity contribution in [2.45, 2.75) is 24.1 Å². The molecule has 2 rings (SSSR count). The fourth-order valence-corrected chi connectivity index (χ4v) is 5.17. The Bertz CT molecular complexity index is 671. The van der Waals surface area contributed by atoms with Crippen LogP contribution in [0.5, 0.6) is 0 Å². The highest BCUT2D eigenvalue weighted by Crippen LogP contribution is 2.26. The second-order valence-corrected chi connectivity index (χ2v) is 8.16. The lowest BCUT2D eigenvalue weighted by atomic mass is 10.3. The van der Waals surface area contributed by atoms with Crippen LogP contribution in [-0.4, -0.2) is 30.1 Å². The number of pyridine rings is 1. The second-order valence-electron chi connectivity index (χ2n) is 4.45. The van der Waals surface area contributed by atoms with Crippen molar-refractivity contribution < 1.29 is 8.42 Å². The van der Waals surface area contributed by atoms with Crippen molar-refractivity contribution >= 4 is 33.0 Å². The summed E-state index contributed by atoms with van der Waals surface area (Å²) < 4.78 is 27.2. The molecule has 2 heterocycles. The number of thiophene rings is 1. The maximum atomic E-state index is 12.7. The third-order valence-electron chi connectivity index (χ3n) is 3.03. The van der Waals surface area contributed by atoms with Gasteiger partial charge in [0.15, 0.2) is 0 Å². The Morgan fingerprint density at radius 1 is 1.24 bits per heavy atom. The molecule has 0 aliphatic carbocycles. The molecule has 2 aromatic heterocycles. The van der Waals surface area contributed by atoms with Gasteiger partial charge in [0.1, 0.15) is 4.21 Å². The fraction of sp³-hybridized carbons (Fsp3) is 0.357. The van der Waals surface area contributed by atoms with Crippen LogP contribution in [0.3, 0.4) is 0 Å². The molecule has 21 heavy (non-hydrogen) atoms. The summed E-state index contributed by atoms with van der Waals surface area (Å²) in [7, 11) is -3.46. The number of nitrogens with zero attached hydrogens (tertiary/aromatic N) is 2. The van der Waals surface area contributed by atoms with Crippen LogP contribution in [0.1, 0.15) is 17.4 Å². The normalized spacial score (nSPS) is 12.0. The molecule has 0 unspecified atom stereocenters. The van der Waals surface area contributed by atoms with E-state index in [1.807, 2.05) is 25.1 Å². The van der Waals surface area contributed by atoms with E-state index in [2.05, 4.69) is 4.98 Å². The van der Waals surface area contributed by atoms with Gasteiger partial charge in [0.2, 0.25) is 0 Å². The lowest BCUT2D eigenvalue weighted by Crippen LogP contribution is -2.29. The highest BCUT2D eigenvalue weighted by atomic mass is 35.5. The van der Waals surface area contributed by atoms with Crippen molar-refractivity contribution in [1.29, 1.82) is 0 Å². The van der Waals surface area contributed by atoms with Crippen LogP contribution in [-0.2, 0) is 23.0 Å². The molecule has 114 valence electrons. The smallest absolute Gasteiger partial charge is 0.252 e. The molecule has 0 aliphatic heterocycles. The molecule has 0 saturated carbocycles. The maximum absolute atomic E-state index is 12.7. The van der Waals surface area contributed by atoms with Crippen molar-refractivity contribution in [3.8, 4) is 0 Å². The van der Waals surface area contributed by atoms with Gasteiger partial charge >= 0.3 is 0 Å². The Morgan fingerprint density at radius 2 is 1.95 bits per heavy atom. The summed E-state index contributed by atoms with van der Waals surface area (Å²) in [6, 6.07) is 7.15. The van der Waals surface area contributed by atoms with Gasteiger partial charge in [-0.3, -0.25) is 4.98 Å². The van der Waals surface area contributed by atoms with E-state index in [0.717, 1.165) is 10.4 Å². The quantitative estimate of drug-likeness (QED) is 0.725. The van der Waals surface area contributed by atoms with E-state index in [0.29, 0.717) is 29.6 Å². The largest absolute Gasteiger partial charge is 0.265 e. The van der Waals surface area contributed by atoms with Gasteiger partial charge in [0.05, 0.1) is 0 Å². The van der Waals surface area contributed by atoms with E-state index >= 15 is 0 Å². The first-order valence-electron chi connectivity index (χ1n) is 6.61. The lowest BCUT2D eigenvalue weighted by Gasteiger charge is -2.19. The number of aryl methyl sites for hydroxylation is 1. The SMILES string of the molecule is CCN(Cc1ccncc1)S(=O)(=O)c1ccc(CCCl)s1. The zero-order valence-corrected chi connectivity index (χ0v) is 14.1. The van der Waals surface area contributed by atoms with E-state index < -0.39 is 10.0 Å². The van der Waals surface area contributed by atoms with Crippen LogP contribution >= 0.6 is 22.9 Å². The Kier molecular flexibility index (Phi) is 5.75. The van der Waals surface area contributed by atoms with Gasteiger partial charge < -0.3 is 0 Å². The summed E-state index contributed by atoms with van der Waals surface area (Å²) in [6.45, 7) is 2.61. The molecule has 0 aliphatic rings. The fourth-order valence-electron chi connectivity index (χ4n) is 1.91. The molecule has 0 amide bonds. The first kappa shape index (κ1) is 16.4. The number of halogens is 1. The molecule has 0 fully saturated rings.